The lowest BCUT2D eigenvalue weighted by Crippen LogP contribution is -2.29. The number of β-amino-alcohol motifs (C(OH)–C–C–N with tert-alkyl or cyclic N) is 2. The first kappa shape index (κ1) is 11.5. The molecule has 2 rings (SSSR count). The number of carbonyl (C=O) groups excluding carboxylic acids is 1. The van der Waals surface area contributed by atoms with E-state index in [1.165, 1.54) is 16.2 Å². The molecular formula is C10H14N2O3S. The maximum absolute atomic E-state index is 12.0. The first-order valence-electron chi connectivity index (χ1n) is 5.08. The third kappa shape index (κ3) is 1.95. The molecule has 1 amide bonds. The van der Waals surface area contributed by atoms with E-state index in [0.29, 0.717) is 10.6 Å². The second-order valence-corrected chi connectivity index (χ2v) is 5.20. The Morgan fingerprint density at radius 2 is 1.94 bits per heavy atom. The molecule has 88 valence electrons. The maximum atomic E-state index is 12.0. The number of carbonyl (C=O) groups is 1. The van der Waals surface area contributed by atoms with Crippen molar-refractivity contribution in [2.45, 2.75) is 26.1 Å². The molecule has 1 aliphatic rings. The van der Waals surface area contributed by atoms with E-state index in [1.807, 2.05) is 6.92 Å². The first-order chi connectivity index (χ1) is 7.49. The molecule has 0 radical (unpaired) electrons. The minimum atomic E-state index is -0.835. The number of aromatic nitrogens is 1. The van der Waals surface area contributed by atoms with Gasteiger partial charge in [-0.25, -0.2) is 4.98 Å². The minimum absolute atomic E-state index is 0.154. The molecule has 1 aromatic heterocycles. The summed E-state index contributed by atoms with van der Waals surface area (Å²) in [5.74, 6) is -0.154. The second-order valence-electron chi connectivity index (χ2n) is 3.99. The molecule has 0 saturated carbocycles. The third-order valence-electron chi connectivity index (χ3n) is 2.64. The summed E-state index contributed by atoms with van der Waals surface area (Å²) >= 11 is 1.35. The lowest BCUT2D eigenvalue weighted by atomic mass is 10.3. The number of hydrogen-bond acceptors (Lipinski definition) is 5. The van der Waals surface area contributed by atoms with Crippen molar-refractivity contribution >= 4 is 17.2 Å². The SMILES string of the molecule is Cc1nc(C)c(C(=O)N2CC(O)C(O)C2)s1. The van der Waals surface area contributed by atoms with Crippen molar-refractivity contribution in [2.75, 3.05) is 13.1 Å². The number of hydrogen-bond donors (Lipinski definition) is 2. The number of rotatable bonds is 1. The van der Waals surface area contributed by atoms with Crippen LogP contribution in [0.1, 0.15) is 20.4 Å². The molecule has 2 heterocycles. The molecule has 1 fully saturated rings. The molecule has 16 heavy (non-hydrogen) atoms. The number of aryl methyl sites for hydroxylation is 2. The lowest BCUT2D eigenvalue weighted by molar-refractivity contribution is 0.0572. The number of aliphatic hydroxyl groups is 2. The summed E-state index contributed by atoms with van der Waals surface area (Å²) in [6.45, 7) is 4.02. The summed E-state index contributed by atoms with van der Waals surface area (Å²) in [5.41, 5.74) is 0.711. The lowest BCUT2D eigenvalue weighted by Gasteiger charge is -2.14. The van der Waals surface area contributed by atoms with Gasteiger partial charge in [-0.1, -0.05) is 0 Å². The number of aliphatic hydroxyl groups excluding tert-OH is 2. The molecule has 2 unspecified atom stereocenters. The van der Waals surface area contributed by atoms with E-state index in [4.69, 9.17) is 0 Å². The summed E-state index contributed by atoms with van der Waals surface area (Å²) in [7, 11) is 0. The van der Waals surface area contributed by atoms with Crippen LogP contribution in [-0.2, 0) is 0 Å². The van der Waals surface area contributed by atoms with Gasteiger partial charge in [0.15, 0.2) is 0 Å². The van der Waals surface area contributed by atoms with Gasteiger partial charge in [-0.2, -0.15) is 0 Å². The van der Waals surface area contributed by atoms with Crippen molar-refractivity contribution in [3.8, 4) is 0 Å². The van der Waals surface area contributed by atoms with Crippen LogP contribution in [0.3, 0.4) is 0 Å². The van der Waals surface area contributed by atoms with Crippen LogP contribution in [0.25, 0.3) is 0 Å². The number of likely N-dealkylation sites (tertiary alicyclic amines) is 1. The van der Waals surface area contributed by atoms with Crippen LogP contribution in [0.15, 0.2) is 0 Å². The Hall–Kier alpha value is -0.980. The average molecular weight is 242 g/mol. The standard InChI is InChI=1S/C10H14N2O3S/c1-5-9(16-6(2)11-5)10(15)12-3-7(13)8(14)4-12/h7-8,13-14H,3-4H2,1-2H3. The molecule has 1 aromatic rings. The van der Waals surface area contributed by atoms with Crippen LogP contribution in [0.2, 0.25) is 0 Å². The summed E-state index contributed by atoms with van der Waals surface area (Å²) in [6, 6.07) is 0. The van der Waals surface area contributed by atoms with Gasteiger partial charge in [0.1, 0.15) is 4.88 Å². The van der Waals surface area contributed by atoms with Crippen LogP contribution in [0.4, 0.5) is 0 Å². The van der Waals surface area contributed by atoms with Crippen molar-refractivity contribution in [1.82, 2.24) is 9.88 Å². The van der Waals surface area contributed by atoms with Gasteiger partial charge < -0.3 is 15.1 Å². The van der Waals surface area contributed by atoms with E-state index in [9.17, 15) is 15.0 Å². The topological polar surface area (TPSA) is 73.7 Å². The van der Waals surface area contributed by atoms with E-state index in [1.54, 1.807) is 6.92 Å². The molecule has 1 aliphatic heterocycles. The summed E-state index contributed by atoms with van der Waals surface area (Å²) in [5, 5.41) is 19.6. The zero-order valence-electron chi connectivity index (χ0n) is 9.17. The molecule has 1 saturated heterocycles. The fourth-order valence-electron chi connectivity index (χ4n) is 1.81. The highest BCUT2D eigenvalue weighted by Crippen LogP contribution is 2.21. The van der Waals surface area contributed by atoms with E-state index >= 15 is 0 Å². The highest BCUT2D eigenvalue weighted by Gasteiger charge is 2.34. The highest BCUT2D eigenvalue weighted by molar-refractivity contribution is 7.13. The molecule has 2 N–H and O–H groups in total. The van der Waals surface area contributed by atoms with Crippen LogP contribution in [0.5, 0.6) is 0 Å². The van der Waals surface area contributed by atoms with E-state index in [0.717, 1.165) is 5.01 Å². The zero-order chi connectivity index (χ0) is 11.9. The molecule has 0 aliphatic carbocycles. The Bertz CT molecular complexity index is 408. The normalized spacial score (nSPS) is 25.1. The molecule has 5 nitrogen and oxygen atoms in total. The molecule has 0 spiro atoms. The van der Waals surface area contributed by atoms with Crippen LogP contribution < -0.4 is 0 Å². The molecule has 6 heteroatoms. The van der Waals surface area contributed by atoms with Crippen molar-refractivity contribution in [3.63, 3.8) is 0 Å². The zero-order valence-corrected chi connectivity index (χ0v) is 9.99. The first-order valence-corrected chi connectivity index (χ1v) is 5.90. The maximum Gasteiger partial charge on any atom is 0.266 e. The summed E-state index contributed by atoms with van der Waals surface area (Å²) < 4.78 is 0. The van der Waals surface area contributed by atoms with Gasteiger partial charge in [0, 0.05) is 13.1 Å². The van der Waals surface area contributed by atoms with Crippen molar-refractivity contribution in [3.05, 3.63) is 15.6 Å². The summed E-state index contributed by atoms with van der Waals surface area (Å²) in [4.78, 5) is 18.3. The highest BCUT2D eigenvalue weighted by atomic mass is 32.1. The summed E-state index contributed by atoms with van der Waals surface area (Å²) in [6.07, 6.45) is -1.67. The smallest absolute Gasteiger partial charge is 0.266 e. The third-order valence-corrected chi connectivity index (χ3v) is 3.70. The quantitative estimate of drug-likeness (QED) is 0.723. The predicted molar refractivity (Wildman–Crippen MR) is 59.5 cm³/mol. The number of nitrogens with zero attached hydrogens (tertiary/aromatic N) is 2. The largest absolute Gasteiger partial charge is 0.388 e. The second kappa shape index (κ2) is 4.12. The van der Waals surface area contributed by atoms with Crippen LogP contribution in [0, 0.1) is 13.8 Å². The Labute approximate surface area is 97.4 Å². The fraction of sp³-hybridized carbons (Fsp3) is 0.600. The van der Waals surface area contributed by atoms with Crippen LogP contribution >= 0.6 is 11.3 Å². The average Bonchev–Trinajstić information content (AvgIpc) is 2.70. The van der Waals surface area contributed by atoms with E-state index in [-0.39, 0.29) is 19.0 Å². The van der Waals surface area contributed by atoms with Crippen molar-refractivity contribution < 1.29 is 15.0 Å². The molecule has 0 aromatic carbocycles. The van der Waals surface area contributed by atoms with Gasteiger partial charge in [0.2, 0.25) is 0 Å². The van der Waals surface area contributed by atoms with Gasteiger partial charge in [-0.3, -0.25) is 4.79 Å². The van der Waals surface area contributed by atoms with Gasteiger partial charge >= 0.3 is 0 Å². The Morgan fingerprint density at radius 3 is 2.38 bits per heavy atom. The van der Waals surface area contributed by atoms with Crippen molar-refractivity contribution in [1.29, 1.82) is 0 Å². The van der Waals surface area contributed by atoms with E-state index < -0.39 is 12.2 Å². The Balaban J connectivity index is 2.17. The van der Waals surface area contributed by atoms with Crippen molar-refractivity contribution in [2.24, 2.45) is 0 Å². The van der Waals surface area contributed by atoms with Gasteiger partial charge in [-0.05, 0) is 13.8 Å². The van der Waals surface area contributed by atoms with Gasteiger partial charge in [-0.15, -0.1) is 11.3 Å². The minimum Gasteiger partial charge on any atom is -0.388 e. The predicted octanol–water partition coefficient (Wildman–Crippen LogP) is -0.0625. The fourth-order valence-corrected chi connectivity index (χ4v) is 2.70. The van der Waals surface area contributed by atoms with E-state index in [2.05, 4.69) is 4.98 Å². The monoisotopic (exact) mass is 242 g/mol. The molecular weight excluding hydrogens is 228 g/mol. The Kier molecular flexibility index (Phi) is 2.96. The molecule has 0 bridgehead atoms. The number of amides is 1. The van der Waals surface area contributed by atoms with Gasteiger partial charge in [0.25, 0.3) is 5.91 Å². The van der Waals surface area contributed by atoms with Crippen LogP contribution in [-0.4, -0.2) is 51.3 Å². The number of thiazole rings is 1. The van der Waals surface area contributed by atoms with Gasteiger partial charge in [0.05, 0.1) is 22.9 Å². The Morgan fingerprint density at radius 1 is 1.38 bits per heavy atom. The molecule has 2 atom stereocenters.